The van der Waals surface area contributed by atoms with E-state index >= 15 is 0 Å². The van der Waals surface area contributed by atoms with Crippen molar-refractivity contribution in [3.05, 3.63) is 24.3 Å². The Morgan fingerprint density at radius 1 is 1.15 bits per heavy atom. The molecule has 0 bridgehead atoms. The van der Waals surface area contributed by atoms with Crippen molar-refractivity contribution < 1.29 is 9.59 Å². The SMILES string of the molecule is NC(=O)CSc1nnc2n(CC(=O)NC3CCCCC3)c3ccccc3n12. The Kier molecular flexibility index (Phi) is 5.02. The van der Waals surface area contributed by atoms with Crippen LogP contribution in [0, 0.1) is 0 Å². The van der Waals surface area contributed by atoms with Gasteiger partial charge in [0.2, 0.25) is 17.6 Å². The number of nitrogens with two attached hydrogens (primary N) is 1. The van der Waals surface area contributed by atoms with Gasteiger partial charge in [0.25, 0.3) is 0 Å². The Labute approximate surface area is 160 Å². The Morgan fingerprint density at radius 3 is 2.63 bits per heavy atom. The standard InChI is InChI=1S/C18H22N6O2S/c19-15(25)11-27-18-22-21-17-23(13-8-4-5-9-14(13)24(17)18)10-16(26)20-12-6-2-1-3-7-12/h4-5,8-9,12H,1-3,6-7,10-11H2,(H2,19,25)(H,20,26). The number of para-hydroxylation sites is 2. The van der Waals surface area contributed by atoms with Crippen LogP contribution in [0.2, 0.25) is 0 Å². The number of hydrogen-bond acceptors (Lipinski definition) is 5. The Hall–Kier alpha value is -2.55. The summed E-state index contributed by atoms with van der Waals surface area (Å²) in [7, 11) is 0. The van der Waals surface area contributed by atoms with Crippen LogP contribution in [0.25, 0.3) is 16.8 Å². The molecule has 142 valence electrons. The molecule has 0 atom stereocenters. The quantitative estimate of drug-likeness (QED) is 0.627. The molecule has 0 spiro atoms. The first kappa shape index (κ1) is 17.8. The third-order valence-corrected chi connectivity index (χ3v) is 5.84. The molecule has 1 saturated carbocycles. The van der Waals surface area contributed by atoms with E-state index in [0.29, 0.717) is 10.9 Å². The van der Waals surface area contributed by atoms with Crippen molar-refractivity contribution in [2.24, 2.45) is 5.73 Å². The zero-order chi connectivity index (χ0) is 18.8. The predicted molar refractivity (Wildman–Crippen MR) is 103 cm³/mol. The average Bonchev–Trinajstić information content (AvgIpc) is 3.21. The molecule has 9 heteroatoms. The highest BCUT2D eigenvalue weighted by Crippen LogP contribution is 2.25. The van der Waals surface area contributed by atoms with Gasteiger partial charge in [-0.3, -0.25) is 18.6 Å². The fraction of sp³-hybridized carbons (Fsp3) is 0.444. The molecule has 8 nitrogen and oxygen atoms in total. The molecule has 2 aromatic heterocycles. The van der Waals surface area contributed by atoms with Crippen molar-refractivity contribution >= 4 is 40.4 Å². The van der Waals surface area contributed by atoms with E-state index in [1.54, 1.807) is 0 Å². The van der Waals surface area contributed by atoms with Crippen molar-refractivity contribution in [2.45, 2.75) is 49.8 Å². The van der Waals surface area contributed by atoms with Crippen LogP contribution >= 0.6 is 11.8 Å². The lowest BCUT2D eigenvalue weighted by Crippen LogP contribution is -2.38. The zero-order valence-electron chi connectivity index (χ0n) is 14.9. The number of thioether (sulfide) groups is 1. The van der Waals surface area contributed by atoms with Crippen LogP contribution in [0.5, 0.6) is 0 Å². The summed E-state index contributed by atoms with van der Waals surface area (Å²) in [6.07, 6.45) is 5.69. The van der Waals surface area contributed by atoms with E-state index in [2.05, 4.69) is 15.5 Å². The van der Waals surface area contributed by atoms with Gasteiger partial charge in [0.15, 0.2) is 5.16 Å². The molecule has 0 radical (unpaired) electrons. The molecule has 0 saturated heterocycles. The van der Waals surface area contributed by atoms with Gasteiger partial charge in [0.1, 0.15) is 6.54 Å². The van der Waals surface area contributed by atoms with Crippen molar-refractivity contribution in [2.75, 3.05) is 5.75 Å². The maximum atomic E-state index is 12.6. The second kappa shape index (κ2) is 7.59. The molecular formula is C18H22N6O2S. The number of benzene rings is 1. The van der Waals surface area contributed by atoms with E-state index < -0.39 is 5.91 Å². The van der Waals surface area contributed by atoms with Crippen LogP contribution in [0.3, 0.4) is 0 Å². The fourth-order valence-electron chi connectivity index (χ4n) is 3.69. The molecular weight excluding hydrogens is 364 g/mol. The molecule has 27 heavy (non-hydrogen) atoms. The molecule has 4 rings (SSSR count). The summed E-state index contributed by atoms with van der Waals surface area (Å²) in [5.41, 5.74) is 7.05. The molecule has 0 aliphatic heterocycles. The summed E-state index contributed by atoms with van der Waals surface area (Å²) in [4.78, 5) is 23.8. The van der Waals surface area contributed by atoms with Gasteiger partial charge >= 0.3 is 0 Å². The number of hydrogen-bond donors (Lipinski definition) is 2. The Morgan fingerprint density at radius 2 is 1.89 bits per heavy atom. The van der Waals surface area contributed by atoms with Crippen LogP contribution in [-0.4, -0.2) is 42.8 Å². The summed E-state index contributed by atoms with van der Waals surface area (Å²) >= 11 is 1.24. The van der Waals surface area contributed by atoms with Crippen LogP contribution < -0.4 is 11.1 Å². The summed E-state index contributed by atoms with van der Waals surface area (Å²) in [6.45, 7) is 0.187. The first-order chi connectivity index (χ1) is 13.1. The van der Waals surface area contributed by atoms with Crippen LogP contribution in [0.4, 0.5) is 0 Å². The zero-order valence-corrected chi connectivity index (χ0v) is 15.7. The van der Waals surface area contributed by atoms with E-state index in [1.807, 2.05) is 33.2 Å². The number of fused-ring (bicyclic) bond motifs is 3. The minimum Gasteiger partial charge on any atom is -0.369 e. The Balaban J connectivity index is 1.64. The largest absolute Gasteiger partial charge is 0.369 e. The van der Waals surface area contributed by atoms with Gasteiger partial charge in [-0.05, 0) is 25.0 Å². The third kappa shape index (κ3) is 3.64. The Bertz CT molecular complexity index is 988. The van der Waals surface area contributed by atoms with Gasteiger partial charge in [0, 0.05) is 6.04 Å². The van der Waals surface area contributed by atoms with Gasteiger partial charge in [0.05, 0.1) is 16.8 Å². The van der Waals surface area contributed by atoms with Crippen molar-refractivity contribution in [3.8, 4) is 0 Å². The molecule has 3 N–H and O–H groups in total. The first-order valence-corrected chi connectivity index (χ1v) is 10.1. The molecule has 2 amide bonds. The van der Waals surface area contributed by atoms with Gasteiger partial charge in [-0.2, -0.15) is 0 Å². The molecule has 2 heterocycles. The molecule has 1 aromatic carbocycles. The van der Waals surface area contributed by atoms with Crippen molar-refractivity contribution in [3.63, 3.8) is 0 Å². The van der Waals surface area contributed by atoms with Gasteiger partial charge in [-0.15, -0.1) is 10.2 Å². The van der Waals surface area contributed by atoms with Crippen molar-refractivity contribution in [1.82, 2.24) is 24.5 Å². The number of nitrogens with zero attached hydrogens (tertiary/aromatic N) is 4. The number of rotatable bonds is 6. The number of carbonyl (C=O) groups is 2. The highest BCUT2D eigenvalue weighted by Gasteiger charge is 2.21. The average molecular weight is 386 g/mol. The second-order valence-electron chi connectivity index (χ2n) is 6.85. The fourth-order valence-corrected chi connectivity index (χ4v) is 4.37. The predicted octanol–water partition coefficient (Wildman–Crippen LogP) is 1.71. The normalized spacial score (nSPS) is 15.4. The van der Waals surface area contributed by atoms with Crippen LogP contribution in [0.1, 0.15) is 32.1 Å². The highest BCUT2D eigenvalue weighted by atomic mass is 32.2. The van der Waals surface area contributed by atoms with E-state index in [-0.39, 0.29) is 24.2 Å². The number of carbonyl (C=O) groups excluding carboxylic acids is 2. The lowest BCUT2D eigenvalue weighted by Gasteiger charge is -2.22. The number of primary amides is 1. The summed E-state index contributed by atoms with van der Waals surface area (Å²) in [6, 6.07) is 8.04. The molecule has 3 aromatic rings. The highest BCUT2D eigenvalue weighted by molar-refractivity contribution is 7.99. The lowest BCUT2D eigenvalue weighted by molar-refractivity contribution is -0.122. The van der Waals surface area contributed by atoms with Crippen LogP contribution in [-0.2, 0) is 16.1 Å². The summed E-state index contributed by atoms with van der Waals surface area (Å²) in [5, 5.41) is 12.2. The minimum absolute atomic E-state index is 0.0144. The van der Waals surface area contributed by atoms with E-state index in [0.717, 1.165) is 23.9 Å². The molecule has 0 unspecified atom stereocenters. The summed E-state index contributed by atoms with van der Waals surface area (Å²) in [5.74, 6) is 0.288. The number of aromatic nitrogens is 4. The van der Waals surface area contributed by atoms with Gasteiger partial charge < -0.3 is 11.1 Å². The molecule has 1 aliphatic carbocycles. The number of imidazole rings is 1. The lowest BCUT2D eigenvalue weighted by atomic mass is 9.95. The van der Waals surface area contributed by atoms with E-state index in [9.17, 15) is 9.59 Å². The number of amides is 2. The van der Waals surface area contributed by atoms with Crippen molar-refractivity contribution in [1.29, 1.82) is 0 Å². The smallest absolute Gasteiger partial charge is 0.240 e. The molecule has 1 aliphatic rings. The van der Waals surface area contributed by atoms with Gasteiger partial charge in [-0.25, -0.2) is 0 Å². The monoisotopic (exact) mass is 386 g/mol. The van der Waals surface area contributed by atoms with E-state index in [1.165, 1.54) is 31.0 Å². The molecule has 1 fully saturated rings. The summed E-state index contributed by atoms with van der Waals surface area (Å²) < 4.78 is 3.74. The number of nitrogens with one attached hydrogen (secondary N) is 1. The minimum atomic E-state index is -0.410. The maximum absolute atomic E-state index is 12.6. The topological polar surface area (TPSA) is 107 Å². The third-order valence-electron chi connectivity index (χ3n) is 4.89. The van der Waals surface area contributed by atoms with Crippen LogP contribution in [0.15, 0.2) is 29.4 Å². The first-order valence-electron chi connectivity index (χ1n) is 9.16. The second-order valence-corrected chi connectivity index (χ2v) is 7.79. The van der Waals surface area contributed by atoms with E-state index in [4.69, 9.17) is 5.73 Å². The van der Waals surface area contributed by atoms with Gasteiger partial charge in [-0.1, -0.05) is 43.2 Å². The maximum Gasteiger partial charge on any atom is 0.240 e.